The Morgan fingerprint density at radius 1 is 1.39 bits per heavy atom. The number of benzene rings is 1. The van der Waals surface area contributed by atoms with E-state index in [0.29, 0.717) is 6.04 Å². The number of nitrogens with one attached hydrogen (secondary N) is 1. The zero-order valence-corrected chi connectivity index (χ0v) is 11.4. The molecule has 1 aromatic heterocycles. The normalized spacial score (nSPS) is 12.6. The van der Waals surface area contributed by atoms with Gasteiger partial charge in [0.25, 0.3) is 0 Å². The molecule has 0 saturated heterocycles. The maximum absolute atomic E-state index is 4.32. The lowest BCUT2D eigenvalue weighted by molar-refractivity contribution is 0.590. The zero-order valence-electron chi connectivity index (χ0n) is 11.4. The van der Waals surface area contributed by atoms with Crippen molar-refractivity contribution in [2.24, 2.45) is 0 Å². The number of hydrogen-bond acceptors (Lipinski definition) is 2. The van der Waals surface area contributed by atoms with Gasteiger partial charge in [-0.05, 0) is 38.4 Å². The SMILES string of the molecule is CCn1cc(CC(NC)c2cccc(C)c2)cn1. The van der Waals surface area contributed by atoms with Gasteiger partial charge in [-0.2, -0.15) is 5.10 Å². The number of aromatic nitrogens is 2. The van der Waals surface area contributed by atoms with Crippen LogP contribution in [-0.2, 0) is 13.0 Å². The number of hydrogen-bond donors (Lipinski definition) is 1. The van der Waals surface area contributed by atoms with Gasteiger partial charge in [0.15, 0.2) is 0 Å². The lowest BCUT2D eigenvalue weighted by Gasteiger charge is -2.16. The highest BCUT2D eigenvalue weighted by molar-refractivity contribution is 5.26. The molecule has 0 bridgehead atoms. The van der Waals surface area contributed by atoms with Gasteiger partial charge in [0.1, 0.15) is 0 Å². The highest BCUT2D eigenvalue weighted by Gasteiger charge is 2.11. The molecule has 0 amide bonds. The summed E-state index contributed by atoms with van der Waals surface area (Å²) in [5.41, 5.74) is 3.91. The molecule has 1 N–H and O–H groups in total. The minimum Gasteiger partial charge on any atom is -0.313 e. The van der Waals surface area contributed by atoms with Crippen molar-refractivity contribution < 1.29 is 0 Å². The van der Waals surface area contributed by atoms with Crippen LogP contribution in [-0.4, -0.2) is 16.8 Å². The Morgan fingerprint density at radius 2 is 2.22 bits per heavy atom. The van der Waals surface area contributed by atoms with Crippen molar-refractivity contribution in [2.45, 2.75) is 32.9 Å². The summed E-state index contributed by atoms with van der Waals surface area (Å²) in [6, 6.07) is 9.01. The first kappa shape index (κ1) is 12.8. The minimum atomic E-state index is 0.347. The van der Waals surface area contributed by atoms with Crippen LogP contribution in [0.1, 0.15) is 29.7 Å². The van der Waals surface area contributed by atoms with Crippen LogP contribution in [0.3, 0.4) is 0 Å². The summed E-state index contributed by atoms with van der Waals surface area (Å²) in [7, 11) is 2.01. The molecule has 96 valence electrons. The number of rotatable bonds is 5. The molecule has 3 nitrogen and oxygen atoms in total. The van der Waals surface area contributed by atoms with Crippen molar-refractivity contribution in [1.29, 1.82) is 0 Å². The fourth-order valence-electron chi connectivity index (χ4n) is 2.19. The second-order valence-corrected chi connectivity index (χ2v) is 4.66. The van der Waals surface area contributed by atoms with Crippen LogP contribution in [0.4, 0.5) is 0 Å². The van der Waals surface area contributed by atoms with Crippen molar-refractivity contribution in [2.75, 3.05) is 7.05 Å². The molecule has 0 radical (unpaired) electrons. The van der Waals surface area contributed by atoms with Crippen LogP contribution >= 0.6 is 0 Å². The molecular formula is C15H21N3. The molecule has 0 aliphatic rings. The van der Waals surface area contributed by atoms with E-state index in [9.17, 15) is 0 Å². The molecule has 2 rings (SSSR count). The Labute approximate surface area is 109 Å². The lowest BCUT2D eigenvalue weighted by atomic mass is 9.99. The Kier molecular flexibility index (Phi) is 4.15. The Bertz CT molecular complexity index is 502. The second-order valence-electron chi connectivity index (χ2n) is 4.66. The first-order valence-electron chi connectivity index (χ1n) is 6.48. The molecule has 1 unspecified atom stereocenters. The van der Waals surface area contributed by atoms with E-state index >= 15 is 0 Å². The van der Waals surface area contributed by atoms with Crippen molar-refractivity contribution in [3.8, 4) is 0 Å². The fraction of sp³-hybridized carbons (Fsp3) is 0.400. The van der Waals surface area contributed by atoms with Gasteiger partial charge in [-0.25, -0.2) is 0 Å². The van der Waals surface area contributed by atoms with Gasteiger partial charge in [-0.15, -0.1) is 0 Å². The second kappa shape index (κ2) is 5.83. The van der Waals surface area contributed by atoms with E-state index in [1.54, 1.807) is 0 Å². The maximum atomic E-state index is 4.32. The van der Waals surface area contributed by atoms with Gasteiger partial charge in [0.2, 0.25) is 0 Å². The standard InChI is InChI=1S/C15H21N3/c1-4-18-11-13(10-17-18)9-15(16-3)14-7-5-6-12(2)8-14/h5-8,10-11,15-16H,4,9H2,1-3H3. The number of nitrogens with zero attached hydrogens (tertiary/aromatic N) is 2. The van der Waals surface area contributed by atoms with E-state index in [1.165, 1.54) is 16.7 Å². The van der Waals surface area contributed by atoms with E-state index < -0.39 is 0 Å². The topological polar surface area (TPSA) is 29.9 Å². The lowest BCUT2D eigenvalue weighted by Crippen LogP contribution is -2.18. The molecule has 0 fully saturated rings. The zero-order chi connectivity index (χ0) is 13.0. The molecule has 1 aromatic carbocycles. The Hall–Kier alpha value is -1.61. The van der Waals surface area contributed by atoms with Gasteiger partial charge in [0, 0.05) is 18.8 Å². The predicted molar refractivity (Wildman–Crippen MR) is 74.6 cm³/mol. The smallest absolute Gasteiger partial charge is 0.0522 e. The van der Waals surface area contributed by atoms with Gasteiger partial charge in [-0.1, -0.05) is 29.8 Å². The third-order valence-electron chi connectivity index (χ3n) is 3.24. The number of aryl methyl sites for hydroxylation is 2. The molecule has 18 heavy (non-hydrogen) atoms. The summed E-state index contributed by atoms with van der Waals surface area (Å²) in [4.78, 5) is 0. The van der Waals surface area contributed by atoms with Crippen LogP contribution in [0, 0.1) is 6.92 Å². The number of likely N-dealkylation sites (N-methyl/N-ethyl adjacent to an activating group) is 1. The molecule has 1 heterocycles. The quantitative estimate of drug-likeness (QED) is 0.875. The highest BCUT2D eigenvalue weighted by Crippen LogP contribution is 2.18. The van der Waals surface area contributed by atoms with E-state index in [0.717, 1.165) is 13.0 Å². The van der Waals surface area contributed by atoms with Crippen LogP contribution < -0.4 is 5.32 Å². The predicted octanol–water partition coefficient (Wildman–Crippen LogP) is 2.71. The maximum Gasteiger partial charge on any atom is 0.0522 e. The van der Waals surface area contributed by atoms with E-state index in [1.807, 2.05) is 17.9 Å². The summed E-state index contributed by atoms with van der Waals surface area (Å²) < 4.78 is 1.97. The van der Waals surface area contributed by atoms with Crippen molar-refractivity contribution in [3.63, 3.8) is 0 Å². The van der Waals surface area contributed by atoms with Crippen molar-refractivity contribution in [3.05, 3.63) is 53.3 Å². The summed E-state index contributed by atoms with van der Waals surface area (Å²) >= 11 is 0. The van der Waals surface area contributed by atoms with Crippen LogP contribution in [0.25, 0.3) is 0 Å². The van der Waals surface area contributed by atoms with Crippen LogP contribution in [0.5, 0.6) is 0 Å². The largest absolute Gasteiger partial charge is 0.313 e. The molecule has 0 spiro atoms. The molecule has 0 saturated carbocycles. The van der Waals surface area contributed by atoms with Gasteiger partial charge < -0.3 is 5.32 Å². The first-order chi connectivity index (χ1) is 8.72. The van der Waals surface area contributed by atoms with Crippen molar-refractivity contribution in [1.82, 2.24) is 15.1 Å². The average molecular weight is 243 g/mol. The van der Waals surface area contributed by atoms with Gasteiger partial charge in [0.05, 0.1) is 6.20 Å². The summed E-state index contributed by atoms with van der Waals surface area (Å²) in [5, 5.41) is 7.71. The molecular weight excluding hydrogens is 222 g/mol. The average Bonchev–Trinajstić information content (AvgIpc) is 2.83. The summed E-state index contributed by atoms with van der Waals surface area (Å²) in [5.74, 6) is 0. The molecule has 0 aliphatic heterocycles. The first-order valence-corrected chi connectivity index (χ1v) is 6.48. The monoisotopic (exact) mass is 243 g/mol. The third kappa shape index (κ3) is 2.99. The van der Waals surface area contributed by atoms with E-state index in [4.69, 9.17) is 0 Å². The Morgan fingerprint density at radius 3 is 2.83 bits per heavy atom. The summed E-state index contributed by atoms with van der Waals surface area (Å²) in [6.45, 7) is 5.16. The fourth-order valence-corrected chi connectivity index (χ4v) is 2.19. The van der Waals surface area contributed by atoms with Gasteiger partial charge in [-0.3, -0.25) is 4.68 Å². The molecule has 1 atom stereocenters. The van der Waals surface area contributed by atoms with Crippen molar-refractivity contribution >= 4 is 0 Å². The van der Waals surface area contributed by atoms with Crippen LogP contribution in [0.15, 0.2) is 36.7 Å². The molecule has 2 aromatic rings. The van der Waals surface area contributed by atoms with E-state index in [-0.39, 0.29) is 0 Å². The van der Waals surface area contributed by atoms with Crippen LogP contribution in [0.2, 0.25) is 0 Å². The summed E-state index contributed by atoms with van der Waals surface area (Å²) in [6.07, 6.45) is 5.06. The molecule has 3 heteroatoms. The Balaban J connectivity index is 2.14. The third-order valence-corrected chi connectivity index (χ3v) is 3.24. The van der Waals surface area contributed by atoms with E-state index in [2.05, 4.69) is 54.7 Å². The molecule has 0 aliphatic carbocycles. The highest BCUT2D eigenvalue weighted by atomic mass is 15.3. The van der Waals surface area contributed by atoms with Gasteiger partial charge >= 0.3 is 0 Å². The minimum absolute atomic E-state index is 0.347.